The number of rotatable bonds is 4. The van der Waals surface area contributed by atoms with Crippen LogP contribution in [0.3, 0.4) is 0 Å². The Morgan fingerprint density at radius 3 is 2.86 bits per heavy atom. The highest BCUT2D eigenvalue weighted by atomic mass is 32.1. The minimum absolute atomic E-state index is 0.0239. The molecule has 3 aromatic rings. The van der Waals surface area contributed by atoms with Crippen molar-refractivity contribution in [3.63, 3.8) is 0 Å². The van der Waals surface area contributed by atoms with Crippen LogP contribution in [0.5, 0.6) is 0 Å². The number of thiazole rings is 1. The molecule has 0 saturated heterocycles. The van der Waals surface area contributed by atoms with Crippen molar-refractivity contribution in [2.75, 3.05) is 5.32 Å². The fourth-order valence-electron chi connectivity index (χ4n) is 1.91. The number of carbonyl (C=O) groups is 1. The Morgan fingerprint density at radius 1 is 1.29 bits per heavy atom. The van der Waals surface area contributed by atoms with Crippen LogP contribution in [0, 0.1) is 0 Å². The van der Waals surface area contributed by atoms with E-state index >= 15 is 0 Å². The lowest BCUT2D eigenvalue weighted by molar-refractivity contribution is -0.116. The van der Waals surface area contributed by atoms with Crippen LogP contribution in [-0.2, 0) is 17.8 Å². The van der Waals surface area contributed by atoms with E-state index in [1.165, 1.54) is 15.9 Å². The van der Waals surface area contributed by atoms with Gasteiger partial charge in [0, 0.05) is 0 Å². The molecule has 6 nitrogen and oxygen atoms in total. The topological polar surface area (TPSA) is 76.9 Å². The summed E-state index contributed by atoms with van der Waals surface area (Å²) in [5.41, 5.74) is 0.772. The lowest BCUT2D eigenvalue weighted by atomic mass is 10.3. The number of aryl methyl sites for hydroxylation is 1. The van der Waals surface area contributed by atoms with Gasteiger partial charge in [-0.2, -0.15) is 0 Å². The smallest absolute Gasteiger partial charge is 0.299 e. The number of benzene rings is 1. The Hall–Kier alpha value is -2.06. The maximum absolute atomic E-state index is 12.0. The number of nitrogens with zero attached hydrogens (tertiary/aromatic N) is 3. The molecule has 0 atom stereocenters. The van der Waals surface area contributed by atoms with Crippen LogP contribution in [-0.4, -0.2) is 20.7 Å². The molecule has 0 saturated carbocycles. The second kappa shape index (κ2) is 5.74. The minimum atomic E-state index is -0.278. The number of fused-ring (bicyclic) bond motifs is 1. The summed E-state index contributed by atoms with van der Waals surface area (Å²) in [6.45, 7) is 1.95. The third-order valence-corrected chi connectivity index (χ3v) is 4.83. The van der Waals surface area contributed by atoms with E-state index in [1.807, 2.05) is 31.2 Å². The molecule has 0 bridgehead atoms. The van der Waals surface area contributed by atoms with Crippen molar-refractivity contribution in [1.29, 1.82) is 0 Å². The van der Waals surface area contributed by atoms with Gasteiger partial charge in [-0.15, -0.1) is 10.2 Å². The highest BCUT2D eigenvalue weighted by Crippen LogP contribution is 2.18. The Morgan fingerprint density at radius 2 is 2.10 bits per heavy atom. The number of aromatic nitrogens is 3. The fourth-order valence-corrected chi connectivity index (χ4v) is 3.50. The Bertz CT molecular complexity index is 849. The van der Waals surface area contributed by atoms with Crippen LogP contribution < -0.4 is 10.2 Å². The van der Waals surface area contributed by atoms with Crippen LogP contribution >= 0.6 is 22.7 Å². The van der Waals surface area contributed by atoms with Gasteiger partial charge in [0.1, 0.15) is 11.6 Å². The van der Waals surface area contributed by atoms with E-state index in [1.54, 1.807) is 0 Å². The number of amides is 1. The fraction of sp³-hybridized carbons (Fsp3) is 0.231. The van der Waals surface area contributed by atoms with Crippen LogP contribution in [0.25, 0.3) is 10.2 Å². The summed E-state index contributed by atoms with van der Waals surface area (Å²) in [7, 11) is 0. The van der Waals surface area contributed by atoms with Gasteiger partial charge in [0.15, 0.2) is 0 Å². The molecule has 3 rings (SSSR count). The molecular formula is C13H12N4O2S2. The van der Waals surface area contributed by atoms with Gasteiger partial charge >= 0.3 is 4.87 Å². The molecule has 1 N–H and O–H groups in total. The highest BCUT2D eigenvalue weighted by molar-refractivity contribution is 7.16. The van der Waals surface area contributed by atoms with Crippen LogP contribution in [0.1, 0.15) is 11.9 Å². The molecule has 8 heteroatoms. The Labute approximate surface area is 128 Å². The highest BCUT2D eigenvalue weighted by Gasteiger charge is 2.12. The summed E-state index contributed by atoms with van der Waals surface area (Å²) in [4.78, 5) is 23.9. The minimum Gasteiger partial charge on any atom is -0.299 e. The average Bonchev–Trinajstić information content (AvgIpc) is 3.04. The molecule has 0 aliphatic heterocycles. The largest absolute Gasteiger partial charge is 0.308 e. The van der Waals surface area contributed by atoms with Crippen molar-refractivity contribution in [3.8, 4) is 0 Å². The molecule has 1 amide bonds. The predicted molar refractivity (Wildman–Crippen MR) is 84.0 cm³/mol. The van der Waals surface area contributed by atoms with E-state index in [-0.39, 0.29) is 17.3 Å². The summed E-state index contributed by atoms with van der Waals surface area (Å²) >= 11 is 2.48. The van der Waals surface area contributed by atoms with Crippen molar-refractivity contribution in [2.45, 2.75) is 19.9 Å². The van der Waals surface area contributed by atoms with Gasteiger partial charge in [-0.25, -0.2) is 0 Å². The normalized spacial score (nSPS) is 10.9. The standard InChI is InChI=1S/C13H12N4O2S2/c1-2-11-15-16-12(21-11)14-10(18)7-17-8-5-3-4-6-9(8)20-13(17)19/h3-6H,2,7H2,1H3,(H,14,16,18). The zero-order chi connectivity index (χ0) is 14.8. The second-order valence-electron chi connectivity index (χ2n) is 4.32. The van der Waals surface area contributed by atoms with Gasteiger partial charge in [0.25, 0.3) is 0 Å². The number of anilines is 1. The summed E-state index contributed by atoms with van der Waals surface area (Å²) in [6.07, 6.45) is 0.780. The first-order valence-corrected chi connectivity index (χ1v) is 8.01. The lowest BCUT2D eigenvalue weighted by Gasteiger charge is -2.03. The quantitative estimate of drug-likeness (QED) is 0.799. The van der Waals surface area contributed by atoms with Crippen molar-refractivity contribution in [3.05, 3.63) is 38.9 Å². The molecule has 2 heterocycles. The SMILES string of the molecule is CCc1nnc(NC(=O)Cn2c(=O)sc3ccccc32)s1. The average molecular weight is 320 g/mol. The number of carbonyl (C=O) groups excluding carboxylic acids is 1. The number of nitrogens with one attached hydrogen (secondary N) is 1. The van der Waals surface area contributed by atoms with Gasteiger partial charge in [-0.05, 0) is 18.6 Å². The van der Waals surface area contributed by atoms with Crippen molar-refractivity contribution < 1.29 is 4.79 Å². The van der Waals surface area contributed by atoms with E-state index in [0.717, 1.165) is 33.0 Å². The molecule has 0 unspecified atom stereocenters. The van der Waals surface area contributed by atoms with Gasteiger partial charge in [0.05, 0.1) is 10.2 Å². The molecule has 0 aliphatic rings. The van der Waals surface area contributed by atoms with Gasteiger partial charge in [0.2, 0.25) is 11.0 Å². The zero-order valence-electron chi connectivity index (χ0n) is 11.2. The first-order chi connectivity index (χ1) is 10.2. The first-order valence-electron chi connectivity index (χ1n) is 6.38. The summed E-state index contributed by atoms with van der Waals surface area (Å²) < 4.78 is 2.34. The van der Waals surface area contributed by atoms with E-state index in [0.29, 0.717) is 5.13 Å². The van der Waals surface area contributed by atoms with E-state index in [2.05, 4.69) is 15.5 Å². The van der Waals surface area contributed by atoms with E-state index < -0.39 is 0 Å². The molecule has 108 valence electrons. The number of para-hydroxylation sites is 1. The van der Waals surface area contributed by atoms with E-state index in [9.17, 15) is 9.59 Å². The molecule has 0 radical (unpaired) electrons. The second-order valence-corrected chi connectivity index (χ2v) is 6.38. The lowest BCUT2D eigenvalue weighted by Crippen LogP contribution is -2.24. The molecule has 0 aliphatic carbocycles. The van der Waals surface area contributed by atoms with Gasteiger partial charge < -0.3 is 0 Å². The van der Waals surface area contributed by atoms with Crippen molar-refractivity contribution in [2.24, 2.45) is 0 Å². The molecule has 21 heavy (non-hydrogen) atoms. The Balaban J connectivity index is 1.80. The van der Waals surface area contributed by atoms with Gasteiger partial charge in [-0.1, -0.05) is 41.7 Å². The number of hydrogen-bond donors (Lipinski definition) is 1. The summed E-state index contributed by atoms with van der Waals surface area (Å²) in [5, 5.41) is 11.8. The molecular weight excluding hydrogens is 308 g/mol. The molecule has 0 spiro atoms. The summed E-state index contributed by atoms with van der Waals surface area (Å²) in [5.74, 6) is -0.278. The van der Waals surface area contributed by atoms with E-state index in [4.69, 9.17) is 0 Å². The van der Waals surface area contributed by atoms with Crippen LogP contribution in [0.2, 0.25) is 0 Å². The van der Waals surface area contributed by atoms with Crippen molar-refractivity contribution >= 4 is 43.9 Å². The number of hydrogen-bond acceptors (Lipinski definition) is 6. The molecule has 1 aromatic carbocycles. The maximum Gasteiger partial charge on any atom is 0.308 e. The third-order valence-electron chi connectivity index (χ3n) is 2.89. The summed E-state index contributed by atoms with van der Waals surface area (Å²) in [6, 6.07) is 7.42. The predicted octanol–water partition coefficient (Wildman–Crippen LogP) is 2.12. The third kappa shape index (κ3) is 2.86. The zero-order valence-corrected chi connectivity index (χ0v) is 12.8. The molecule has 0 fully saturated rings. The first kappa shape index (κ1) is 13.9. The van der Waals surface area contributed by atoms with Crippen LogP contribution in [0.4, 0.5) is 5.13 Å². The maximum atomic E-state index is 12.0. The molecule has 2 aromatic heterocycles. The van der Waals surface area contributed by atoms with Crippen LogP contribution in [0.15, 0.2) is 29.1 Å². The van der Waals surface area contributed by atoms with Crippen molar-refractivity contribution in [1.82, 2.24) is 14.8 Å². The monoisotopic (exact) mass is 320 g/mol. The Kier molecular flexibility index (Phi) is 3.80. The van der Waals surface area contributed by atoms with Gasteiger partial charge in [-0.3, -0.25) is 19.5 Å².